The summed E-state index contributed by atoms with van der Waals surface area (Å²) in [5.41, 5.74) is 0.129. The molecular weight excluding hydrogens is 166 g/mol. The minimum absolute atomic E-state index is 0.129. The fraction of sp³-hybridized carbons (Fsp3) is 0.900. The van der Waals surface area contributed by atoms with E-state index in [1.807, 2.05) is 0 Å². The van der Waals surface area contributed by atoms with Gasteiger partial charge in [-0.15, -0.1) is 0 Å². The van der Waals surface area contributed by atoms with Gasteiger partial charge in [0, 0.05) is 24.5 Å². The number of carbonyl (C=O) groups excluding carboxylic acids is 1. The third kappa shape index (κ3) is 1.46. The normalized spacial score (nSPS) is 39.5. The molecule has 2 saturated heterocycles. The average molecular weight is 183 g/mol. The van der Waals surface area contributed by atoms with E-state index in [0.29, 0.717) is 12.5 Å². The highest BCUT2D eigenvalue weighted by Crippen LogP contribution is 2.40. The smallest absolute Gasteiger partial charge is 0.220 e. The zero-order chi connectivity index (χ0) is 9.31. The molecule has 0 radical (unpaired) electrons. The van der Waals surface area contributed by atoms with Crippen molar-refractivity contribution in [2.24, 2.45) is 5.41 Å². The minimum atomic E-state index is 0.129. The molecule has 2 fully saturated rings. The molecule has 1 amide bonds. The molecule has 2 aliphatic rings. The van der Waals surface area contributed by atoms with Gasteiger partial charge in [-0.1, -0.05) is 6.92 Å². The molecule has 74 valence electrons. The molecule has 2 unspecified atom stereocenters. The van der Waals surface area contributed by atoms with Gasteiger partial charge in [0.05, 0.1) is 6.61 Å². The Morgan fingerprint density at radius 1 is 1.69 bits per heavy atom. The summed E-state index contributed by atoms with van der Waals surface area (Å²) in [6.07, 6.45) is 3.94. The number of hydrogen-bond acceptors (Lipinski definition) is 2. The predicted molar refractivity (Wildman–Crippen MR) is 49.3 cm³/mol. The van der Waals surface area contributed by atoms with Crippen LogP contribution >= 0.6 is 0 Å². The molecule has 0 aromatic heterocycles. The number of ether oxygens (including phenoxy) is 1. The highest BCUT2D eigenvalue weighted by Gasteiger charge is 2.46. The quantitative estimate of drug-likeness (QED) is 0.660. The number of nitrogens with one attached hydrogen (secondary N) is 1. The number of hydrogen-bond donors (Lipinski definition) is 1. The summed E-state index contributed by atoms with van der Waals surface area (Å²) in [7, 11) is 0. The van der Waals surface area contributed by atoms with Gasteiger partial charge in [0.25, 0.3) is 0 Å². The Bertz CT molecular complexity index is 209. The molecule has 3 nitrogen and oxygen atoms in total. The summed E-state index contributed by atoms with van der Waals surface area (Å²) < 4.78 is 5.50. The van der Waals surface area contributed by atoms with Crippen LogP contribution in [0, 0.1) is 5.41 Å². The van der Waals surface area contributed by atoms with E-state index in [9.17, 15) is 4.79 Å². The van der Waals surface area contributed by atoms with Gasteiger partial charge in [0.15, 0.2) is 0 Å². The third-order valence-electron chi connectivity index (χ3n) is 3.35. The molecule has 13 heavy (non-hydrogen) atoms. The Morgan fingerprint density at radius 2 is 2.54 bits per heavy atom. The van der Waals surface area contributed by atoms with E-state index in [4.69, 9.17) is 4.74 Å². The number of rotatable bonds is 1. The number of amides is 1. The van der Waals surface area contributed by atoms with Crippen molar-refractivity contribution in [3.05, 3.63) is 0 Å². The zero-order valence-corrected chi connectivity index (χ0v) is 8.14. The average Bonchev–Trinajstić information content (AvgIpc) is 2.43. The second-order valence-electron chi connectivity index (χ2n) is 4.22. The standard InChI is InChI=1S/C10H17NO2/c1-2-8-10(6-9(12)11-8)4-3-5-13-7-10/h8H,2-7H2,1H3,(H,11,12). The lowest BCUT2D eigenvalue weighted by molar-refractivity contribution is -0.120. The molecule has 2 aliphatic heterocycles. The second kappa shape index (κ2) is 3.29. The predicted octanol–water partition coefficient (Wildman–Crippen LogP) is 1.08. The SMILES string of the molecule is CCC1NC(=O)CC12CCCOC2. The van der Waals surface area contributed by atoms with Crippen LogP contribution in [0.25, 0.3) is 0 Å². The van der Waals surface area contributed by atoms with Crippen LogP contribution in [0.3, 0.4) is 0 Å². The molecule has 0 aromatic carbocycles. The first-order valence-corrected chi connectivity index (χ1v) is 5.14. The third-order valence-corrected chi connectivity index (χ3v) is 3.35. The van der Waals surface area contributed by atoms with Crippen LogP contribution < -0.4 is 5.32 Å². The van der Waals surface area contributed by atoms with E-state index in [1.54, 1.807) is 0 Å². The second-order valence-corrected chi connectivity index (χ2v) is 4.22. The van der Waals surface area contributed by atoms with Gasteiger partial charge >= 0.3 is 0 Å². The Kier molecular flexibility index (Phi) is 2.28. The lowest BCUT2D eigenvalue weighted by Gasteiger charge is -2.36. The summed E-state index contributed by atoms with van der Waals surface area (Å²) >= 11 is 0. The Balaban J connectivity index is 2.13. The van der Waals surface area contributed by atoms with Crippen molar-refractivity contribution in [3.8, 4) is 0 Å². The fourth-order valence-electron chi connectivity index (χ4n) is 2.66. The fourth-order valence-corrected chi connectivity index (χ4v) is 2.66. The molecule has 0 aromatic rings. The Morgan fingerprint density at radius 3 is 3.15 bits per heavy atom. The molecular formula is C10H17NO2. The maximum atomic E-state index is 11.3. The van der Waals surface area contributed by atoms with E-state index >= 15 is 0 Å². The lowest BCUT2D eigenvalue weighted by Crippen LogP contribution is -2.42. The molecule has 2 heterocycles. The molecule has 0 saturated carbocycles. The van der Waals surface area contributed by atoms with Gasteiger partial charge in [0.1, 0.15) is 0 Å². The van der Waals surface area contributed by atoms with Crippen LogP contribution in [-0.4, -0.2) is 25.2 Å². The van der Waals surface area contributed by atoms with Crippen LogP contribution in [0.15, 0.2) is 0 Å². The maximum Gasteiger partial charge on any atom is 0.220 e. The summed E-state index contributed by atoms with van der Waals surface area (Å²) in [4.78, 5) is 11.3. The molecule has 1 spiro atoms. The van der Waals surface area contributed by atoms with Gasteiger partial charge in [-0.3, -0.25) is 4.79 Å². The van der Waals surface area contributed by atoms with Crippen molar-refractivity contribution in [1.29, 1.82) is 0 Å². The summed E-state index contributed by atoms with van der Waals surface area (Å²) in [6.45, 7) is 3.77. The van der Waals surface area contributed by atoms with Gasteiger partial charge < -0.3 is 10.1 Å². The highest BCUT2D eigenvalue weighted by atomic mass is 16.5. The molecule has 1 N–H and O–H groups in total. The first kappa shape index (κ1) is 9.00. The maximum absolute atomic E-state index is 11.3. The van der Waals surface area contributed by atoms with Crippen molar-refractivity contribution in [2.75, 3.05) is 13.2 Å². The van der Waals surface area contributed by atoms with Gasteiger partial charge in [-0.05, 0) is 19.3 Å². The van der Waals surface area contributed by atoms with Crippen molar-refractivity contribution in [3.63, 3.8) is 0 Å². The van der Waals surface area contributed by atoms with Crippen molar-refractivity contribution < 1.29 is 9.53 Å². The first-order chi connectivity index (χ1) is 6.27. The van der Waals surface area contributed by atoms with Gasteiger partial charge in [0.2, 0.25) is 5.91 Å². The topological polar surface area (TPSA) is 38.3 Å². The van der Waals surface area contributed by atoms with Crippen LogP contribution in [-0.2, 0) is 9.53 Å². The lowest BCUT2D eigenvalue weighted by atomic mass is 9.75. The zero-order valence-electron chi connectivity index (χ0n) is 8.14. The summed E-state index contributed by atoms with van der Waals surface area (Å²) in [6, 6.07) is 0.348. The number of carbonyl (C=O) groups is 1. The summed E-state index contributed by atoms with van der Waals surface area (Å²) in [5.74, 6) is 0.206. The molecule has 3 heteroatoms. The largest absolute Gasteiger partial charge is 0.381 e. The molecule has 0 bridgehead atoms. The van der Waals surface area contributed by atoms with Crippen LogP contribution in [0.4, 0.5) is 0 Å². The van der Waals surface area contributed by atoms with Crippen LogP contribution in [0.2, 0.25) is 0 Å². The van der Waals surface area contributed by atoms with E-state index < -0.39 is 0 Å². The van der Waals surface area contributed by atoms with Crippen molar-refractivity contribution in [1.82, 2.24) is 5.32 Å². The first-order valence-electron chi connectivity index (χ1n) is 5.14. The van der Waals surface area contributed by atoms with E-state index in [0.717, 1.165) is 32.5 Å². The van der Waals surface area contributed by atoms with Crippen molar-refractivity contribution in [2.45, 2.75) is 38.6 Å². The van der Waals surface area contributed by atoms with Crippen molar-refractivity contribution >= 4 is 5.91 Å². The Hall–Kier alpha value is -0.570. The van der Waals surface area contributed by atoms with Crippen LogP contribution in [0.5, 0.6) is 0 Å². The van der Waals surface area contributed by atoms with Crippen LogP contribution in [0.1, 0.15) is 32.6 Å². The molecule has 2 atom stereocenters. The minimum Gasteiger partial charge on any atom is -0.381 e. The molecule has 2 rings (SSSR count). The summed E-state index contributed by atoms with van der Waals surface area (Å²) in [5, 5.41) is 3.05. The Labute approximate surface area is 78.8 Å². The van der Waals surface area contributed by atoms with E-state index in [-0.39, 0.29) is 11.3 Å². The van der Waals surface area contributed by atoms with Gasteiger partial charge in [-0.2, -0.15) is 0 Å². The van der Waals surface area contributed by atoms with Gasteiger partial charge in [-0.25, -0.2) is 0 Å². The highest BCUT2D eigenvalue weighted by molar-refractivity contribution is 5.80. The van der Waals surface area contributed by atoms with E-state index in [1.165, 1.54) is 0 Å². The molecule has 0 aliphatic carbocycles. The van der Waals surface area contributed by atoms with E-state index in [2.05, 4.69) is 12.2 Å². The monoisotopic (exact) mass is 183 g/mol.